The summed E-state index contributed by atoms with van der Waals surface area (Å²) in [6.45, 7) is 1.84. The molecule has 1 atom stereocenters. The average Bonchev–Trinajstić information content (AvgIpc) is 2.45. The molecule has 0 amide bonds. The lowest BCUT2D eigenvalue weighted by Gasteiger charge is -2.27. The largest absolute Gasteiger partial charge is 0.490 e. The molecule has 1 N–H and O–H groups in total. The molecule has 1 fully saturated rings. The van der Waals surface area contributed by atoms with Crippen molar-refractivity contribution in [3.63, 3.8) is 0 Å². The van der Waals surface area contributed by atoms with E-state index in [0.717, 1.165) is 31.7 Å². The SMILES string of the molecule is c1cc(CCc2cncc(OCC3CCN3)c2)ccn1. The van der Waals surface area contributed by atoms with Crippen LogP contribution in [0.3, 0.4) is 0 Å². The van der Waals surface area contributed by atoms with Crippen molar-refractivity contribution in [1.82, 2.24) is 15.3 Å². The van der Waals surface area contributed by atoms with Crippen LogP contribution in [0.25, 0.3) is 0 Å². The second kappa shape index (κ2) is 6.48. The maximum Gasteiger partial charge on any atom is 0.137 e. The van der Waals surface area contributed by atoms with Gasteiger partial charge in [0.05, 0.1) is 6.20 Å². The molecule has 1 aliphatic rings. The number of hydrogen-bond donors (Lipinski definition) is 1. The molecule has 1 unspecified atom stereocenters. The van der Waals surface area contributed by atoms with Gasteiger partial charge in [0.25, 0.3) is 0 Å². The highest BCUT2D eigenvalue weighted by molar-refractivity contribution is 5.25. The van der Waals surface area contributed by atoms with Gasteiger partial charge in [-0.25, -0.2) is 0 Å². The summed E-state index contributed by atoms with van der Waals surface area (Å²) in [5.74, 6) is 0.867. The Morgan fingerprint density at radius 2 is 1.90 bits per heavy atom. The molecule has 3 heterocycles. The van der Waals surface area contributed by atoms with Crippen molar-refractivity contribution in [2.75, 3.05) is 13.2 Å². The van der Waals surface area contributed by atoms with E-state index in [4.69, 9.17) is 4.74 Å². The van der Waals surface area contributed by atoms with Crippen molar-refractivity contribution in [3.8, 4) is 5.75 Å². The summed E-state index contributed by atoms with van der Waals surface area (Å²) >= 11 is 0. The van der Waals surface area contributed by atoms with Gasteiger partial charge in [-0.2, -0.15) is 0 Å². The van der Waals surface area contributed by atoms with Gasteiger partial charge in [0.2, 0.25) is 0 Å². The minimum absolute atomic E-state index is 0.510. The number of nitrogens with one attached hydrogen (secondary N) is 1. The van der Waals surface area contributed by atoms with E-state index >= 15 is 0 Å². The molecule has 1 aliphatic heterocycles. The predicted octanol–water partition coefficient (Wildman–Crippen LogP) is 2.00. The van der Waals surface area contributed by atoms with Crippen LogP contribution in [0.2, 0.25) is 0 Å². The van der Waals surface area contributed by atoms with Crippen molar-refractivity contribution >= 4 is 0 Å². The molecule has 0 radical (unpaired) electrons. The maximum atomic E-state index is 5.77. The van der Waals surface area contributed by atoms with Gasteiger partial charge in [0.1, 0.15) is 12.4 Å². The Hall–Kier alpha value is -1.94. The fourth-order valence-electron chi connectivity index (χ4n) is 2.21. The van der Waals surface area contributed by atoms with Gasteiger partial charge in [-0.1, -0.05) is 0 Å². The lowest BCUT2D eigenvalue weighted by atomic mass is 10.1. The highest BCUT2D eigenvalue weighted by Crippen LogP contribution is 2.15. The summed E-state index contributed by atoms with van der Waals surface area (Å²) in [5.41, 5.74) is 2.51. The molecule has 104 valence electrons. The van der Waals surface area contributed by atoms with Crippen LogP contribution in [0.4, 0.5) is 0 Å². The van der Waals surface area contributed by atoms with Crippen molar-refractivity contribution in [2.24, 2.45) is 0 Å². The molecule has 3 rings (SSSR count). The van der Waals surface area contributed by atoms with E-state index in [1.54, 1.807) is 6.20 Å². The molecule has 2 aromatic rings. The molecular formula is C16H19N3O. The lowest BCUT2D eigenvalue weighted by molar-refractivity contribution is 0.217. The van der Waals surface area contributed by atoms with Gasteiger partial charge >= 0.3 is 0 Å². The topological polar surface area (TPSA) is 47.0 Å². The van der Waals surface area contributed by atoms with Gasteiger partial charge in [-0.05, 0) is 55.1 Å². The Kier molecular flexibility index (Phi) is 4.23. The van der Waals surface area contributed by atoms with Crippen molar-refractivity contribution in [1.29, 1.82) is 0 Å². The van der Waals surface area contributed by atoms with Gasteiger partial charge in [-0.3, -0.25) is 9.97 Å². The number of aromatic nitrogens is 2. The molecule has 0 bridgehead atoms. The average molecular weight is 269 g/mol. The zero-order valence-electron chi connectivity index (χ0n) is 11.5. The number of aryl methyl sites for hydroxylation is 2. The maximum absolute atomic E-state index is 5.77. The standard InChI is InChI=1S/C16H19N3O/c1(13-3-6-17-7-4-13)2-14-9-16(11-18-10-14)20-12-15-5-8-19-15/h3-4,6-7,9-11,15,19H,1-2,5,8,12H2. The normalized spacial score (nSPS) is 17.5. The van der Waals surface area contributed by atoms with Gasteiger partial charge < -0.3 is 10.1 Å². The quantitative estimate of drug-likeness (QED) is 0.871. The zero-order chi connectivity index (χ0) is 13.6. The lowest BCUT2D eigenvalue weighted by Crippen LogP contribution is -2.46. The predicted molar refractivity (Wildman–Crippen MR) is 77.8 cm³/mol. The van der Waals surface area contributed by atoms with E-state index < -0.39 is 0 Å². The summed E-state index contributed by atoms with van der Waals surface area (Å²) in [7, 11) is 0. The zero-order valence-corrected chi connectivity index (χ0v) is 11.5. The highest BCUT2D eigenvalue weighted by atomic mass is 16.5. The van der Waals surface area contributed by atoms with Crippen LogP contribution >= 0.6 is 0 Å². The van der Waals surface area contributed by atoms with Crippen LogP contribution in [-0.2, 0) is 12.8 Å². The Balaban J connectivity index is 1.53. The van der Waals surface area contributed by atoms with Crippen LogP contribution in [0.15, 0.2) is 43.0 Å². The fourth-order valence-corrected chi connectivity index (χ4v) is 2.21. The van der Waals surface area contributed by atoms with Crippen LogP contribution in [-0.4, -0.2) is 29.2 Å². The van der Waals surface area contributed by atoms with Crippen LogP contribution in [0, 0.1) is 0 Å². The molecule has 2 aromatic heterocycles. The van der Waals surface area contributed by atoms with E-state index in [0.29, 0.717) is 6.04 Å². The first kappa shape index (κ1) is 13.1. The van der Waals surface area contributed by atoms with E-state index in [2.05, 4.69) is 33.5 Å². The number of hydrogen-bond acceptors (Lipinski definition) is 4. The van der Waals surface area contributed by atoms with Crippen molar-refractivity contribution < 1.29 is 4.74 Å². The third-order valence-electron chi connectivity index (χ3n) is 3.60. The summed E-state index contributed by atoms with van der Waals surface area (Å²) in [5, 5.41) is 3.33. The van der Waals surface area contributed by atoms with Gasteiger partial charge in [0, 0.05) is 24.6 Å². The Bertz CT molecular complexity index is 540. The minimum atomic E-state index is 0.510. The van der Waals surface area contributed by atoms with Crippen LogP contribution < -0.4 is 10.1 Å². The third kappa shape index (κ3) is 3.54. The fraction of sp³-hybridized carbons (Fsp3) is 0.375. The Morgan fingerprint density at radius 3 is 2.65 bits per heavy atom. The van der Waals surface area contributed by atoms with E-state index in [1.807, 2.05) is 18.6 Å². The Labute approximate surface area is 119 Å². The molecule has 0 spiro atoms. The summed E-state index contributed by atoms with van der Waals surface area (Å²) in [6, 6.07) is 6.70. The molecule has 1 saturated heterocycles. The second-order valence-electron chi connectivity index (χ2n) is 5.14. The first-order valence-corrected chi connectivity index (χ1v) is 7.09. The molecular weight excluding hydrogens is 250 g/mol. The van der Waals surface area contributed by atoms with Crippen molar-refractivity contribution in [3.05, 3.63) is 54.1 Å². The second-order valence-corrected chi connectivity index (χ2v) is 5.14. The summed E-state index contributed by atoms with van der Waals surface area (Å²) in [6.07, 6.45) is 10.5. The number of ether oxygens (including phenoxy) is 1. The molecule has 0 saturated carbocycles. The number of pyridine rings is 2. The van der Waals surface area contributed by atoms with Crippen LogP contribution in [0.5, 0.6) is 5.75 Å². The summed E-state index contributed by atoms with van der Waals surface area (Å²) < 4.78 is 5.77. The monoisotopic (exact) mass is 269 g/mol. The first-order chi connectivity index (χ1) is 9.90. The number of rotatable bonds is 6. The van der Waals surface area contributed by atoms with Crippen molar-refractivity contribution in [2.45, 2.75) is 25.3 Å². The molecule has 0 aromatic carbocycles. The third-order valence-corrected chi connectivity index (χ3v) is 3.60. The minimum Gasteiger partial charge on any atom is -0.490 e. The molecule has 0 aliphatic carbocycles. The van der Waals surface area contributed by atoms with E-state index in [9.17, 15) is 0 Å². The molecule has 4 heteroatoms. The van der Waals surface area contributed by atoms with E-state index in [-0.39, 0.29) is 0 Å². The molecule has 20 heavy (non-hydrogen) atoms. The Morgan fingerprint density at radius 1 is 1.10 bits per heavy atom. The summed E-state index contributed by atoms with van der Waals surface area (Å²) in [4.78, 5) is 8.29. The highest BCUT2D eigenvalue weighted by Gasteiger charge is 2.16. The van der Waals surface area contributed by atoms with Gasteiger partial charge in [-0.15, -0.1) is 0 Å². The van der Waals surface area contributed by atoms with E-state index in [1.165, 1.54) is 17.5 Å². The smallest absolute Gasteiger partial charge is 0.137 e. The number of nitrogens with zero attached hydrogens (tertiary/aromatic N) is 2. The van der Waals surface area contributed by atoms with Gasteiger partial charge in [0.15, 0.2) is 0 Å². The van der Waals surface area contributed by atoms with Crippen LogP contribution in [0.1, 0.15) is 17.5 Å². The first-order valence-electron chi connectivity index (χ1n) is 7.09. The molecule has 4 nitrogen and oxygen atoms in total.